The first kappa shape index (κ1) is 15.6. The first-order valence-electron chi connectivity index (χ1n) is 8.63. The molecule has 4 bridgehead atoms. The molecular weight excluding hydrogens is 310 g/mol. The van der Waals surface area contributed by atoms with E-state index in [1.165, 1.54) is 6.42 Å². The molecule has 1 heterocycles. The van der Waals surface area contributed by atoms with Gasteiger partial charge in [-0.15, -0.1) is 0 Å². The normalized spacial score (nSPS) is 36.6. The van der Waals surface area contributed by atoms with Crippen LogP contribution in [0.1, 0.15) is 57.2 Å². The molecular formula is C17H23N3O4. The van der Waals surface area contributed by atoms with Crippen molar-refractivity contribution in [2.24, 2.45) is 17.3 Å². The fraction of sp³-hybridized carbons (Fsp3) is 0.765. The lowest BCUT2D eigenvalue weighted by molar-refractivity contribution is -0.178. The average Bonchev–Trinajstić information content (AvgIpc) is 2.87. The smallest absolute Gasteiger partial charge is 0.312 e. The second kappa shape index (κ2) is 5.29. The molecule has 7 nitrogen and oxygen atoms in total. The number of aromatic nitrogens is 2. The van der Waals surface area contributed by atoms with Crippen LogP contribution in [0.5, 0.6) is 0 Å². The van der Waals surface area contributed by atoms with E-state index in [1.807, 2.05) is 0 Å². The van der Waals surface area contributed by atoms with Crippen LogP contribution in [0, 0.1) is 24.2 Å². The molecule has 24 heavy (non-hydrogen) atoms. The monoisotopic (exact) mass is 333 g/mol. The third-order valence-corrected chi connectivity index (χ3v) is 5.83. The van der Waals surface area contributed by atoms with Crippen LogP contribution < -0.4 is 5.32 Å². The van der Waals surface area contributed by atoms with E-state index in [9.17, 15) is 9.59 Å². The maximum absolute atomic E-state index is 12.9. The molecule has 0 aromatic carbocycles. The van der Waals surface area contributed by atoms with E-state index in [4.69, 9.17) is 9.26 Å². The molecule has 5 rings (SSSR count). The molecule has 4 saturated carbocycles. The second-order valence-electron chi connectivity index (χ2n) is 8.01. The number of rotatable bonds is 4. The Morgan fingerprint density at radius 1 is 1.29 bits per heavy atom. The molecule has 0 spiro atoms. The zero-order valence-corrected chi connectivity index (χ0v) is 14.1. The molecule has 1 aromatic heterocycles. The predicted molar refractivity (Wildman–Crippen MR) is 82.5 cm³/mol. The summed E-state index contributed by atoms with van der Waals surface area (Å²) in [5.41, 5.74) is -0.697. The number of amides is 1. The maximum Gasteiger partial charge on any atom is 0.312 e. The Hall–Kier alpha value is -1.92. The van der Waals surface area contributed by atoms with E-state index >= 15 is 0 Å². The lowest BCUT2D eigenvalue weighted by Crippen LogP contribution is -2.64. The first-order valence-corrected chi connectivity index (χ1v) is 8.63. The second-order valence-corrected chi connectivity index (χ2v) is 8.01. The molecule has 0 aliphatic heterocycles. The number of nitrogens with one attached hydrogen (secondary N) is 1. The van der Waals surface area contributed by atoms with Crippen LogP contribution >= 0.6 is 0 Å². The minimum absolute atomic E-state index is 0.0122. The highest BCUT2D eigenvalue weighted by Crippen LogP contribution is 2.62. The van der Waals surface area contributed by atoms with E-state index in [1.54, 1.807) is 13.8 Å². The van der Waals surface area contributed by atoms with Crippen molar-refractivity contribution in [2.45, 2.75) is 64.5 Å². The molecule has 1 amide bonds. The van der Waals surface area contributed by atoms with Crippen molar-refractivity contribution in [3.8, 4) is 0 Å². The van der Waals surface area contributed by atoms with Crippen LogP contribution in [0.4, 0.5) is 0 Å². The van der Waals surface area contributed by atoms with Crippen molar-refractivity contribution in [3.05, 3.63) is 11.7 Å². The zero-order chi connectivity index (χ0) is 16.9. The van der Waals surface area contributed by atoms with Crippen molar-refractivity contribution >= 4 is 11.9 Å². The summed E-state index contributed by atoms with van der Waals surface area (Å²) in [6.45, 7) is 3.30. The van der Waals surface area contributed by atoms with E-state index in [-0.39, 0.29) is 24.0 Å². The van der Waals surface area contributed by atoms with E-state index in [0.29, 0.717) is 30.0 Å². The molecule has 0 radical (unpaired) electrons. The third kappa shape index (κ3) is 2.59. The summed E-state index contributed by atoms with van der Waals surface area (Å²) < 4.78 is 10.5. The Bertz CT molecular complexity index is 669. The van der Waals surface area contributed by atoms with E-state index < -0.39 is 5.41 Å². The highest BCUT2D eigenvalue weighted by molar-refractivity contribution is 5.79. The van der Waals surface area contributed by atoms with Gasteiger partial charge in [-0.05, 0) is 57.3 Å². The molecule has 1 aromatic rings. The van der Waals surface area contributed by atoms with Gasteiger partial charge in [0.2, 0.25) is 5.91 Å². The Morgan fingerprint density at radius 2 is 2.00 bits per heavy atom. The molecule has 7 heteroatoms. The minimum atomic E-state index is -0.471. The van der Waals surface area contributed by atoms with Gasteiger partial charge in [0, 0.05) is 12.5 Å². The van der Waals surface area contributed by atoms with Gasteiger partial charge in [-0.3, -0.25) is 9.59 Å². The summed E-state index contributed by atoms with van der Waals surface area (Å²) in [6.07, 6.45) is 5.56. The number of ether oxygens (including phenoxy) is 1. The standard InChI is InChI=1S/C17H23N3O4/c1-10-18-14(24-20-10)8-23-15(22)16-4-12-3-13(5-16)7-17(6-12,9-16)19-11(2)21/h12-13H,3-9H2,1-2H3,(H,19,21). The van der Waals surface area contributed by atoms with Gasteiger partial charge in [0.05, 0.1) is 5.41 Å². The van der Waals surface area contributed by atoms with Gasteiger partial charge in [-0.2, -0.15) is 4.98 Å². The van der Waals surface area contributed by atoms with Gasteiger partial charge in [0.25, 0.3) is 5.89 Å². The van der Waals surface area contributed by atoms with Crippen LogP contribution in [-0.4, -0.2) is 27.6 Å². The summed E-state index contributed by atoms with van der Waals surface area (Å²) in [4.78, 5) is 28.6. The summed E-state index contributed by atoms with van der Waals surface area (Å²) in [6, 6.07) is 0. The number of hydrogen-bond donors (Lipinski definition) is 1. The zero-order valence-electron chi connectivity index (χ0n) is 14.1. The molecule has 130 valence electrons. The number of aryl methyl sites for hydroxylation is 1. The Balaban J connectivity index is 1.51. The summed E-state index contributed by atoms with van der Waals surface area (Å²) in [5, 5.41) is 6.86. The van der Waals surface area contributed by atoms with Crippen molar-refractivity contribution in [1.29, 1.82) is 0 Å². The van der Waals surface area contributed by atoms with Gasteiger partial charge in [-0.1, -0.05) is 5.16 Å². The van der Waals surface area contributed by atoms with Gasteiger partial charge in [-0.25, -0.2) is 0 Å². The fourth-order valence-corrected chi connectivity index (χ4v) is 5.70. The van der Waals surface area contributed by atoms with Crippen LogP contribution in [0.3, 0.4) is 0 Å². The molecule has 2 unspecified atom stereocenters. The molecule has 4 aliphatic carbocycles. The third-order valence-electron chi connectivity index (χ3n) is 5.83. The number of carbonyl (C=O) groups excluding carboxylic acids is 2. The predicted octanol–water partition coefficient (Wildman–Crippen LogP) is 1.90. The van der Waals surface area contributed by atoms with E-state index in [2.05, 4.69) is 15.5 Å². The first-order chi connectivity index (χ1) is 11.4. The lowest BCUT2D eigenvalue weighted by atomic mass is 9.47. The number of nitrogens with zero attached hydrogens (tertiary/aromatic N) is 2. The van der Waals surface area contributed by atoms with Crippen molar-refractivity contribution in [2.75, 3.05) is 0 Å². The maximum atomic E-state index is 12.9. The van der Waals surface area contributed by atoms with Gasteiger partial charge >= 0.3 is 5.97 Å². The quantitative estimate of drug-likeness (QED) is 0.846. The molecule has 1 N–H and O–H groups in total. The van der Waals surface area contributed by atoms with Crippen LogP contribution in [-0.2, 0) is 20.9 Å². The summed E-state index contributed by atoms with van der Waals surface area (Å²) >= 11 is 0. The van der Waals surface area contributed by atoms with E-state index in [0.717, 1.165) is 25.7 Å². The number of hydrogen-bond acceptors (Lipinski definition) is 6. The van der Waals surface area contributed by atoms with Crippen LogP contribution in [0.15, 0.2) is 4.52 Å². The average molecular weight is 333 g/mol. The van der Waals surface area contributed by atoms with Crippen LogP contribution in [0.2, 0.25) is 0 Å². The number of esters is 1. The Labute approximate surface area is 140 Å². The van der Waals surface area contributed by atoms with Gasteiger partial charge in [0.1, 0.15) is 0 Å². The van der Waals surface area contributed by atoms with Crippen molar-refractivity contribution in [3.63, 3.8) is 0 Å². The fourth-order valence-electron chi connectivity index (χ4n) is 5.70. The van der Waals surface area contributed by atoms with Crippen molar-refractivity contribution < 1.29 is 18.8 Å². The summed E-state index contributed by atoms with van der Waals surface area (Å²) in [7, 11) is 0. The van der Waals surface area contributed by atoms with Crippen molar-refractivity contribution in [1.82, 2.24) is 15.5 Å². The number of carbonyl (C=O) groups is 2. The Kier molecular flexibility index (Phi) is 3.44. The molecule has 4 aliphatic rings. The molecule has 0 saturated heterocycles. The SMILES string of the molecule is CC(=O)NC12CC3CC(C1)CC(C(=O)OCc1nc(C)no1)(C3)C2. The van der Waals surface area contributed by atoms with Gasteiger partial charge < -0.3 is 14.6 Å². The largest absolute Gasteiger partial charge is 0.455 e. The molecule has 2 atom stereocenters. The van der Waals surface area contributed by atoms with Crippen LogP contribution in [0.25, 0.3) is 0 Å². The highest BCUT2D eigenvalue weighted by atomic mass is 16.6. The highest BCUT2D eigenvalue weighted by Gasteiger charge is 2.61. The van der Waals surface area contributed by atoms with Gasteiger partial charge in [0.15, 0.2) is 12.4 Å². The summed E-state index contributed by atoms with van der Waals surface area (Å²) in [5.74, 6) is 1.65. The Morgan fingerprint density at radius 3 is 2.58 bits per heavy atom. The topological polar surface area (TPSA) is 94.3 Å². The lowest BCUT2D eigenvalue weighted by Gasteiger charge is -2.60. The molecule has 4 fully saturated rings. The minimum Gasteiger partial charge on any atom is -0.455 e.